The van der Waals surface area contributed by atoms with Gasteiger partial charge in [-0.05, 0) is 25.9 Å². The Balaban J connectivity index is 1.81. The van der Waals surface area contributed by atoms with Gasteiger partial charge in [0.1, 0.15) is 0 Å². The van der Waals surface area contributed by atoms with Crippen LogP contribution in [0.3, 0.4) is 0 Å². The smallest absolute Gasteiger partial charge is 0.306 e. The molecule has 0 amide bonds. The van der Waals surface area contributed by atoms with Gasteiger partial charge >= 0.3 is 5.97 Å². The third-order valence-electron chi connectivity index (χ3n) is 2.73. The Morgan fingerprint density at radius 3 is 2.87 bits per heavy atom. The third kappa shape index (κ3) is 2.73. The summed E-state index contributed by atoms with van der Waals surface area (Å²) in [6.45, 7) is 2.48. The van der Waals surface area contributed by atoms with Crippen molar-refractivity contribution in [3.05, 3.63) is 11.9 Å². The maximum atomic E-state index is 10.7. The number of carbonyl (C=O) groups is 1. The van der Waals surface area contributed by atoms with Gasteiger partial charge in [-0.15, -0.1) is 0 Å². The molecule has 1 aromatic rings. The molecular weight excluding hydrogens is 214 g/mol. The predicted octanol–water partition coefficient (Wildman–Crippen LogP) is 0.835. The molecule has 0 aromatic carbocycles. The van der Waals surface area contributed by atoms with Gasteiger partial charge in [-0.1, -0.05) is 0 Å². The van der Waals surface area contributed by atoms with Gasteiger partial charge < -0.3 is 5.11 Å². The van der Waals surface area contributed by atoms with Gasteiger partial charge in [0, 0.05) is 6.54 Å². The zero-order valence-electron chi connectivity index (χ0n) is 8.30. The molecule has 0 saturated carbocycles. The molecule has 0 unspecified atom stereocenters. The number of rotatable bonds is 3. The topological polar surface area (TPSA) is 66.3 Å². The Labute approximate surface area is 92.1 Å². The summed E-state index contributed by atoms with van der Waals surface area (Å²) in [7, 11) is 0. The molecule has 2 rings (SSSR count). The molecule has 15 heavy (non-hydrogen) atoms. The van der Waals surface area contributed by atoms with Gasteiger partial charge in [0.2, 0.25) is 0 Å². The van der Waals surface area contributed by atoms with E-state index in [1.165, 1.54) is 11.7 Å². The summed E-state index contributed by atoms with van der Waals surface area (Å²) in [6, 6.07) is 0. The number of hydrogen-bond donors (Lipinski definition) is 1. The molecule has 1 aliphatic rings. The van der Waals surface area contributed by atoms with Crippen LogP contribution in [0.2, 0.25) is 0 Å². The van der Waals surface area contributed by atoms with Crippen LogP contribution in [0.5, 0.6) is 0 Å². The number of aromatic nitrogens is 2. The summed E-state index contributed by atoms with van der Waals surface area (Å²) in [6.07, 6.45) is 3.26. The zero-order valence-corrected chi connectivity index (χ0v) is 9.11. The Hall–Kier alpha value is -1.01. The minimum atomic E-state index is -0.662. The van der Waals surface area contributed by atoms with E-state index in [1.54, 1.807) is 6.20 Å². The van der Waals surface area contributed by atoms with E-state index in [0.717, 1.165) is 38.2 Å². The molecule has 0 bridgehead atoms. The summed E-state index contributed by atoms with van der Waals surface area (Å²) in [5.41, 5.74) is 0.980. The van der Waals surface area contributed by atoms with E-state index in [0.29, 0.717) is 0 Å². The lowest BCUT2D eigenvalue weighted by Crippen LogP contribution is -2.35. The Bertz CT molecular complexity index is 320. The lowest BCUT2D eigenvalue weighted by molar-refractivity contribution is -0.143. The van der Waals surface area contributed by atoms with Crippen molar-refractivity contribution in [3.8, 4) is 0 Å². The lowest BCUT2D eigenvalue weighted by Gasteiger charge is -2.29. The molecule has 1 aliphatic heterocycles. The van der Waals surface area contributed by atoms with E-state index in [1.807, 2.05) is 0 Å². The van der Waals surface area contributed by atoms with Crippen molar-refractivity contribution < 1.29 is 9.90 Å². The molecule has 1 fully saturated rings. The molecule has 2 heterocycles. The van der Waals surface area contributed by atoms with Crippen LogP contribution in [0.4, 0.5) is 0 Å². The third-order valence-corrected chi connectivity index (χ3v) is 3.25. The highest BCUT2D eigenvalue weighted by atomic mass is 32.1. The van der Waals surface area contributed by atoms with Crippen LogP contribution in [0.1, 0.15) is 18.5 Å². The number of carboxylic acids is 1. The molecule has 0 aliphatic carbocycles. The molecule has 6 heteroatoms. The summed E-state index contributed by atoms with van der Waals surface area (Å²) in [5, 5.41) is 8.84. The van der Waals surface area contributed by atoms with Gasteiger partial charge in [-0.2, -0.15) is 8.75 Å². The Morgan fingerprint density at radius 1 is 1.60 bits per heavy atom. The first kappa shape index (κ1) is 10.5. The SMILES string of the molecule is O=C(O)C1CCN(Cc2cnsn2)CC1. The first-order valence-corrected chi connectivity index (χ1v) is 5.70. The first-order chi connectivity index (χ1) is 7.25. The average molecular weight is 227 g/mol. The second-order valence-corrected chi connectivity index (χ2v) is 4.34. The zero-order chi connectivity index (χ0) is 10.7. The summed E-state index contributed by atoms with van der Waals surface area (Å²) in [4.78, 5) is 13.0. The quantitative estimate of drug-likeness (QED) is 0.828. The van der Waals surface area contributed by atoms with Crippen LogP contribution in [-0.2, 0) is 11.3 Å². The summed E-state index contributed by atoms with van der Waals surface area (Å²) >= 11 is 1.21. The summed E-state index contributed by atoms with van der Waals surface area (Å²) < 4.78 is 8.08. The van der Waals surface area contributed by atoms with E-state index in [4.69, 9.17) is 5.11 Å². The molecule has 1 aromatic heterocycles. The second-order valence-electron chi connectivity index (χ2n) is 3.79. The van der Waals surface area contributed by atoms with E-state index in [9.17, 15) is 4.79 Å². The van der Waals surface area contributed by atoms with Crippen molar-refractivity contribution in [2.24, 2.45) is 5.92 Å². The van der Waals surface area contributed by atoms with Crippen LogP contribution in [0.15, 0.2) is 6.20 Å². The van der Waals surface area contributed by atoms with Crippen LogP contribution < -0.4 is 0 Å². The van der Waals surface area contributed by atoms with Crippen LogP contribution in [-0.4, -0.2) is 37.8 Å². The van der Waals surface area contributed by atoms with Crippen LogP contribution >= 0.6 is 11.7 Å². The summed E-state index contributed by atoms with van der Waals surface area (Å²) in [5.74, 6) is -0.820. The largest absolute Gasteiger partial charge is 0.481 e. The van der Waals surface area contributed by atoms with Crippen molar-refractivity contribution in [3.63, 3.8) is 0 Å². The molecular formula is C9H13N3O2S. The number of likely N-dealkylation sites (tertiary alicyclic amines) is 1. The van der Waals surface area contributed by atoms with Crippen molar-refractivity contribution in [2.45, 2.75) is 19.4 Å². The maximum Gasteiger partial charge on any atom is 0.306 e. The lowest BCUT2D eigenvalue weighted by atomic mass is 9.97. The molecule has 0 atom stereocenters. The van der Waals surface area contributed by atoms with Crippen molar-refractivity contribution in [1.82, 2.24) is 13.6 Å². The maximum absolute atomic E-state index is 10.7. The number of piperidine rings is 1. The highest BCUT2D eigenvalue weighted by molar-refractivity contribution is 6.99. The number of nitrogens with zero attached hydrogens (tertiary/aromatic N) is 3. The van der Waals surface area contributed by atoms with Crippen molar-refractivity contribution in [1.29, 1.82) is 0 Å². The van der Waals surface area contributed by atoms with E-state index in [2.05, 4.69) is 13.6 Å². The van der Waals surface area contributed by atoms with Crippen LogP contribution in [0, 0.1) is 5.92 Å². The monoisotopic (exact) mass is 227 g/mol. The normalized spacial score (nSPS) is 19.2. The van der Waals surface area contributed by atoms with E-state index in [-0.39, 0.29) is 5.92 Å². The molecule has 1 N–H and O–H groups in total. The molecule has 82 valence electrons. The number of hydrogen-bond acceptors (Lipinski definition) is 5. The second kappa shape index (κ2) is 4.67. The average Bonchev–Trinajstić information content (AvgIpc) is 2.71. The molecule has 1 saturated heterocycles. The van der Waals surface area contributed by atoms with Gasteiger partial charge in [0.15, 0.2) is 0 Å². The Kier molecular flexibility index (Phi) is 3.27. The van der Waals surface area contributed by atoms with Gasteiger partial charge in [-0.3, -0.25) is 9.69 Å². The fourth-order valence-corrected chi connectivity index (χ4v) is 2.25. The van der Waals surface area contributed by atoms with Crippen molar-refractivity contribution >= 4 is 17.7 Å². The Morgan fingerprint density at radius 2 is 2.33 bits per heavy atom. The molecule has 5 nitrogen and oxygen atoms in total. The van der Waals surface area contributed by atoms with Crippen LogP contribution in [0.25, 0.3) is 0 Å². The first-order valence-electron chi connectivity index (χ1n) is 4.97. The highest BCUT2D eigenvalue weighted by Gasteiger charge is 2.24. The minimum absolute atomic E-state index is 0.158. The fraction of sp³-hybridized carbons (Fsp3) is 0.667. The highest BCUT2D eigenvalue weighted by Crippen LogP contribution is 2.18. The van der Waals surface area contributed by atoms with E-state index < -0.39 is 5.97 Å². The number of carboxylic acid groups (broad SMARTS) is 1. The predicted molar refractivity (Wildman–Crippen MR) is 55.5 cm³/mol. The van der Waals surface area contributed by atoms with Gasteiger partial charge in [-0.25, -0.2) is 0 Å². The fourth-order valence-electron chi connectivity index (χ4n) is 1.82. The standard InChI is InChI=1S/C9H13N3O2S/c13-9(14)7-1-3-12(4-2-7)6-8-5-10-15-11-8/h5,7H,1-4,6H2,(H,13,14). The van der Waals surface area contributed by atoms with E-state index >= 15 is 0 Å². The number of aliphatic carboxylic acids is 1. The minimum Gasteiger partial charge on any atom is -0.481 e. The van der Waals surface area contributed by atoms with Crippen molar-refractivity contribution in [2.75, 3.05) is 13.1 Å². The van der Waals surface area contributed by atoms with Gasteiger partial charge in [0.25, 0.3) is 0 Å². The molecule has 0 spiro atoms. The van der Waals surface area contributed by atoms with Gasteiger partial charge in [0.05, 0.1) is 29.5 Å². The molecule has 0 radical (unpaired) electrons.